The fourth-order valence-corrected chi connectivity index (χ4v) is 2.20. The van der Waals surface area contributed by atoms with E-state index in [0.29, 0.717) is 18.7 Å². The van der Waals surface area contributed by atoms with E-state index in [1.54, 1.807) is 0 Å². The fraction of sp³-hybridized carbons (Fsp3) is 0.294. The van der Waals surface area contributed by atoms with Crippen LogP contribution in [0, 0.1) is 0 Å². The van der Waals surface area contributed by atoms with Crippen molar-refractivity contribution in [2.24, 2.45) is 0 Å². The Bertz CT molecular complexity index is 764. The highest BCUT2D eigenvalue weighted by Gasteiger charge is 2.31. The number of hydrogen-bond acceptors (Lipinski definition) is 4. The summed E-state index contributed by atoms with van der Waals surface area (Å²) >= 11 is 5.93. The third-order valence-corrected chi connectivity index (χ3v) is 3.76. The van der Waals surface area contributed by atoms with Gasteiger partial charge in [0, 0.05) is 19.3 Å². The van der Waals surface area contributed by atoms with Gasteiger partial charge >= 0.3 is 6.18 Å². The fourth-order valence-electron chi connectivity index (χ4n) is 2.03. The van der Waals surface area contributed by atoms with Crippen LogP contribution in [-0.2, 0) is 6.18 Å². The van der Waals surface area contributed by atoms with E-state index in [9.17, 15) is 18.0 Å². The van der Waals surface area contributed by atoms with E-state index < -0.39 is 11.7 Å². The van der Waals surface area contributed by atoms with Gasteiger partial charge in [-0.2, -0.15) is 13.2 Å². The second kappa shape index (κ2) is 8.37. The predicted octanol–water partition coefficient (Wildman–Crippen LogP) is 3.79. The maximum atomic E-state index is 12.8. The van der Waals surface area contributed by atoms with E-state index in [0.717, 1.165) is 12.1 Å². The Labute approximate surface area is 154 Å². The molecule has 1 aromatic heterocycles. The second-order valence-corrected chi connectivity index (χ2v) is 6.22. The lowest BCUT2D eigenvalue weighted by atomic mass is 10.2. The Balaban J connectivity index is 2.06. The molecule has 2 N–H and O–H groups in total. The number of anilines is 2. The van der Waals surface area contributed by atoms with Gasteiger partial charge in [0.1, 0.15) is 5.82 Å². The molecule has 0 saturated carbocycles. The molecule has 0 saturated heterocycles. The lowest BCUT2D eigenvalue weighted by Gasteiger charge is -2.12. The lowest BCUT2D eigenvalue weighted by molar-refractivity contribution is -0.137. The molecule has 9 heteroatoms. The third-order valence-electron chi connectivity index (χ3n) is 3.43. The molecule has 2 rings (SSSR count). The standard InChI is InChI=1S/C17H18ClF3N4O/c1-25(2)8-7-22-16(26)11-3-6-15(23-10-11)24-14-9-12(17(19,20)21)4-5-13(14)18/h3-6,9-10H,7-8H2,1-2H3,(H,22,26)(H,23,24). The largest absolute Gasteiger partial charge is 0.416 e. The van der Waals surface area contributed by atoms with Gasteiger partial charge in [-0.15, -0.1) is 0 Å². The summed E-state index contributed by atoms with van der Waals surface area (Å²) in [4.78, 5) is 18.0. The van der Waals surface area contributed by atoms with Crippen LogP contribution in [0.2, 0.25) is 5.02 Å². The predicted molar refractivity (Wildman–Crippen MR) is 94.9 cm³/mol. The number of likely N-dealkylation sites (N-methyl/N-ethyl adjacent to an activating group) is 1. The Morgan fingerprint density at radius 1 is 1.23 bits per heavy atom. The van der Waals surface area contributed by atoms with Crippen LogP contribution in [0.1, 0.15) is 15.9 Å². The molecule has 0 fully saturated rings. The highest BCUT2D eigenvalue weighted by molar-refractivity contribution is 6.33. The Kier molecular flexibility index (Phi) is 6.44. The molecule has 0 atom stereocenters. The molecule has 0 aliphatic carbocycles. The Morgan fingerprint density at radius 3 is 2.54 bits per heavy atom. The van der Waals surface area contributed by atoms with E-state index in [-0.39, 0.29) is 22.4 Å². The molecule has 5 nitrogen and oxygen atoms in total. The highest BCUT2D eigenvalue weighted by Crippen LogP contribution is 2.34. The molecule has 1 amide bonds. The minimum atomic E-state index is -4.47. The van der Waals surface area contributed by atoms with Crippen molar-refractivity contribution in [3.63, 3.8) is 0 Å². The molecule has 26 heavy (non-hydrogen) atoms. The number of carbonyl (C=O) groups is 1. The number of rotatable bonds is 6. The van der Waals surface area contributed by atoms with Crippen LogP contribution in [0.25, 0.3) is 0 Å². The van der Waals surface area contributed by atoms with Crippen molar-refractivity contribution >= 4 is 29.0 Å². The van der Waals surface area contributed by atoms with Crippen molar-refractivity contribution in [2.45, 2.75) is 6.18 Å². The SMILES string of the molecule is CN(C)CCNC(=O)c1ccc(Nc2cc(C(F)(F)F)ccc2Cl)nc1. The van der Waals surface area contributed by atoms with Gasteiger partial charge in [0.2, 0.25) is 0 Å². The summed E-state index contributed by atoms with van der Waals surface area (Å²) in [5, 5.41) is 5.60. The number of carbonyl (C=O) groups excluding carboxylic acids is 1. The first-order valence-electron chi connectivity index (χ1n) is 7.69. The summed E-state index contributed by atoms with van der Waals surface area (Å²) in [7, 11) is 3.79. The smallest absolute Gasteiger partial charge is 0.351 e. The summed E-state index contributed by atoms with van der Waals surface area (Å²) in [6.07, 6.45) is -3.13. The Hall–Kier alpha value is -2.32. The number of nitrogens with zero attached hydrogens (tertiary/aromatic N) is 2. The molecule has 140 valence electrons. The van der Waals surface area contributed by atoms with Gasteiger partial charge in [-0.05, 0) is 44.4 Å². The highest BCUT2D eigenvalue weighted by atomic mass is 35.5. The molecule has 0 unspecified atom stereocenters. The molecular formula is C17H18ClF3N4O. The first kappa shape index (κ1) is 20.0. The average Bonchev–Trinajstić information content (AvgIpc) is 2.56. The van der Waals surface area contributed by atoms with Crippen LogP contribution in [0.5, 0.6) is 0 Å². The second-order valence-electron chi connectivity index (χ2n) is 5.81. The van der Waals surface area contributed by atoms with E-state index in [4.69, 9.17) is 11.6 Å². The van der Waals surface area contributed by atoms with Crippen LogP contribution < -0.4 is 10.6 Å². The monoisotopic (exact) mass is 386 g/mol. The van der Waals surface area contributed by atoms with Gasteiger partial charge in [0.05, 0.1) is 21.8 Å². The van der Waals surface area contributed by atoms with E-state index in [2.05, 4.69) is 15.6 Å². The topological polar surface area (TPSA) is 57.3 Å². The number of aromatic nitrogens is 1. The van der Waals surface area contributed by atoms with Crippen molar-refractivity contribution in [2.75, 3.05) is 32.5 Å². The molecule has 0 spiro atoms. The molecule has 0 radical (unpaired) electrons. The van der Waals surface area contributed by atoms with E-state index >= 15 is 0 Å². The first-order chi connectivity index (χ1) is 12.2. The average molecular weight is 387 g/mol. The van der Waals surface area contributed by atoms with Gasteiger partial charge in [0.25, 0.3) is 5.91 Å². The van der Waals surface area contributed by atoms with Crippen LogP contribution in [-0.4, -0.2) is 43.0 Å². The van der Waals surface area contributed by atoms with E-state index in [1.807, 2.05) is 19.0 Å². The lowest BCUT2D eigenvalue weighted by Crippen LogP contribution is -2.31. The summed E-state index contributed by atoms with van der Waals surface area (Å²) in [6.45, 7) is 1.19. The number of nitrogens with one attached hydrogen (secondary N) is 2. The Morgan fingerprint density at radius 2 is 1.96 bits per heavy atom. The number of pyridine rings is 1. The van der Waals surface area contributed by atoms with Crippen molar-refractivity contribution < 1.29 is 18.0 Å². The minimum absolute atomic E-state index is 0.0807. The molecule has 1 aromatic carbocycles. The number of halogens is 4. The molecule has 0 aliphatic heterocycles. The summed E-state index contributed by atoms with van der Waals surface area (Å²) in [6, 6.07) is 6.01. The van der Waals surface area contributed by atoms with Gasteiger partial charge < -0.3 is 15.5 Å². The number of alkyl halides is 3. The summed E-state index contributed by atoms with van der Waals surface area (Å²) < 4.78 is 38.4. The maximum Gasteiger partial charge on any atom is 0.416 e. The quantitative estimate of drug-likeness (QED) is 0.793. The molecule has 1 heterocycles. The van der Waals surface area contributed by atoms with Crippen LogP contribution in [0.3, 0.4) is 0 Å². The van der Waals surface area contributed by atoms with Crippen LogP contribution in [0.15, 0.2) is 36.5 Å². The molecule has 0 bridgehead atoms. The number of benzene rings is 1. The van der Waals surface area contributed by atoms with Crippen molar-refractivity contribution in [3.05, 3.63) is 52.7 Å². The van der Waals surface area contributed by atoms with Crippen LogP contribution >= 0.6 is 11.6 Å². The van der Waals surface area contributed by atoms with Gasteiger partial charge in [-0.3, -0.25) is 4.79 Å². The third kappa shape index (κ3) is 5.60. The van der Waals surface area contributed by atoms with Gasteiger partial charge in [-0.1, -0.05) is 11.6 Å². The first-order valence-corrected chi connectivity index (χ1v) is 8.07. The minimum Gasteiger partial charge on any atom is -0.351 e. The normalized spacial score (nSPS) is 11.5. The maximum absolute atomic E-state index is 12.8. The zero-order valence-electron chi connectivity index (χ0n) is 14.2. The molecule has 2 aromatic rings. The van der Waals surface area contributed by atoms with Gasteiger partial charge in [0.15, 0.2) is 0 Å². The summed E-state index contributed by atoms with van der Waals surface area (Å²) in [5.74, 6) is -0.000864. The van der Waals surface area contributed by atoms with Crippen molar-refractivity contribution in [3.8, 4) is 0 Å². The summed E-state index contributed by atoms with van der Waals surface area (Å²) in [5.41, 5.74) is -0.386. The number of amides is 1. The zero-order valence-corrected chi connectivity index (χ0v) is 14.9. The molecule has 0 aliphatic rings. The van der Waals surface area contributed by atoms with Crippen molar-refractivity contribution in [1.29, 1.82) is 0 Å². The van der Waals surface area contributed by atoms with Crippen LogP contribution in [0.4, 0.5) is 24.7 Å². The van der Waals surface area contributed by atoms with E-state index in [1.165, 1.54) is 24.4 Å². The van der Waals surface area contributed by atoms with Gasteiger partial charge in [-0.25, -0.2) is 4.98 Å². The zero-order chi connectivity index (χ0) is 19.3. The molecular weight excluding hydrogens is 369 g/mol. The number of hydrogen-bond donors (Lipinski definition) is 2. The van der Waals surface area contributed by atoms with Crippen molar-refractivity contribution in [1.82, 2.24) is 15.2 Å².